The van der Waals surface area contributed by atoms with Gasteiger partial charge in [-0.3, -0.25) is 4.79 Å². The van der Waals surface area contributed by atoms with Crippen molar-refractivity contribution in [2.24, 2.45) is 5.41 Å². The highest BCUT2D eigenvalue weighted by atomic mass is 35.5. The summed E-state index contributed by atoms with van der Waals surface area (Å²) in [5.74, 6) is -0.125. The Bertz CT molecular complexity index is 467. The van der Waals surface area contributed by atoms with E-state index in [2.05, 4.69) is 12.2 Å². The maximum absolute atomic E-state index is 12.2. The highest BCUT2D eigenvalue weighted by molar-refractivity contribution is 6.33. The Morgan fingerprint density at radius 1 is 1.42 bits per heavy atom. The first-order chi connectivity index (χ1) is 9.08. The second-order valence-electron chi connectivity index (χ2n) is 5.44. The molecule has 1 saturated carbocycles. The van der Waals surface area contributed by atoms with Crippen LogP contribution >= 0.6 is 11.6 Å². The van der Waals surface area contributed by atoms with E-state index in [0.717, 1.165) is 13.0 Å². The van der Waals surface area contributed by atoms with Gasteiger partial charge in [-0.2, -0.15) is 0 Å². The zero-order chi connectivity index (χ0) is 13.9. The zero-order valence-electron chi connectivity index (χ0n) is 11.3. The van der Waals surface area contributed by atoms with Gasteiger partial charge in [0.15, 0.2) is 0 Å². The van der Waals surface area contributed by atoms with Crippen LogP contribution < -0.4 is 11.1 Å². The van der Waals surface area contributed by atoms with Gasteiger partial charge in [-0.1, -0.05) is 37.4 Å². The van der Waals surface area contributed by atoms with Gasteiger partial charge >= 0.3 is 0 Å². The van der Waals surface area contributed by atoms with Crippen molar-refractivity contribution in [1.29, 1.82) is 0 Å². The Labute approximate surface area is 119 Å². The second kappa shape index (κ2) is 5.83. The molecule has 4 heteroatoms. The molecule has 3 nitrogen and oxygen atoms in total. The fraction of sp³-hybridized carbons (Fsp3) is 0.533. The van der Waals surface area contributed by atoms with E-state index in [-0.39, 0.29) is 11.3 Å². The monoisotopic (exact) mass is 280 g/mol. The number of rotatable bonds is 4. The van der Waals surface area contributed by atoms with E-state index >= 15 is 0 Å². The van der Waals surface area contributed by atoms with E-state index in [1.54, 1.807) is 18.2 Å². The minimum absolute atomic E-state index is 0.125. The first kappa shape index (κ1) is 14.2. The number of para-hydroxylation sites is 1. The van der Waals surface area contributed by atoms with Crippen LogP contribution in [0.4, 0.5) is 5.69 Å². The van der Waals surface area contributed by atoms with E-state index in [1.807, 2.05) is 0 Å². The Kier molecular flexibility index (Phi) is 4.35. The average Bonchev–Trinajstić information content (AvgIpc) is 2.89. The van der Waals surface area contributed by atoms with E-state index in [9.17, 15) is 4.79 Å². The third-order valence-corrected chi connectivity index (χ3v) is 4.67. The molecule has 1 aromatic carbocycles. The molecule has 0 aromatic heterocycles. The van der Waals surface area contributed by atoms with Gasteiger partial charge in [-0.15, -0.1) is 0 Å². The molecule has 19 heavy (non-hydrogen) atoms. The van der Waals surface area contributed by atoms with Gasteiger partial charge in [0.25, 0.3) is 5.91 Å². The summed E-state index contributed by atoms with van der Waals surface area (Å²) in [5, 5.41) is 3.45. The largest absolute Gasteiger partial charge is 0.397 e. The summed E-state index contributed by atoms with van der Waals surface area (Å²) in [6.07, 6.45) is 6.05. The number of nitrogens with one attached hydrogen (secondary N) is 1. The van der Waals surface area contributed by atoms with Crippen LogP contribution in [-0.4, -0.2) is 12.5 Å². The Morgan fingerprint density at radius 3 is 2.74 bits per heavy atom. The number of nitrogen functional groups attached to an aromatic ring is 1. The van der Waals surface area contributed by atoms with Crippen molar-refractivity contribution in [3.63, 3.8) is 0 Å². The molecule has 0 saturated heterocycles. The third-order valence-electron chi connectivity index (χ3n) is 4.34. The van der Waals surface area contributed by atoms with Crippen LogP contribution in [0.25, 0.3) is 0 Å². The smallest absolute Gasteiger partial charge is 0.253 e. The van der Waals surface area contributed by atoms with Crippen LogP contribution in [0.1, 0.15) is 49.4 Å². The summed E-state index contributed by atoms with van der Waals surface area (Å²) in [6.45, 7) is 2.93. The molecule has 1 aliphatic carbocycles. The van der Waals surface area contributed by atoms with Crippen molar-refractivity contribution in [1.82, 2.24) is 5.32 Å². The van der Waals surface area contributed by atoms with Gasteiger partial charge in [0.1, 0.15) is 0 Å². The van der Waals surface area contributed by atoms with Crippen molar-refractivity contribution in [2.45, 2.75) is 39.0 Å². The maximum atomic E-state index is 12.2. The summed E-state index contributed by atoms with van der Waals surface area (Å²) in [6, 6.07) is 5.15. The number of carbonyl (C=O) groups is 1. The molecule has 1 aromatic rings. The number of benzene rings is 1. The fourth-order valence-electron chi connectivity index (χ4n) is 2.88. The fourth-order valence-corrected chi connectivity index (χ4v) is 3.05. The van der Waals surface area contributed by atoms with Crippen molar-refractivity contribution in [3.05, 3.63) is 28.8 Å². The van der Waals surface area contributed by atoms with Gasteiger partial charge in [0, 0.05) is 6.54 Å². The standard InChI is InChI=1S/C15H21ClN2O/c1-2-15(8-3-4-9-15)10-18-14(19)11-6-5-7-12(16)13(11)17/h5-7H,2-4,8-10,17H2,1H3,(H,18,19). The first-order valence-electron chi connectivity index (χ1n) is 6.90. The van der Waals surface area contributed by atoms with E-state index < -0.39 is 0 Å². The summed E-state index contributed by atoms with van der Waals surface area (Å²) >= 11 is 5.93. The molecule has 104 valence electrons. The van der Waals surface area contributed by atoms with Gasteiger partial charge < -0.3 is 11.1 Å². The van der Waals surface area contributed by atoms with Crippen LogP contribution in [-0.2, 0) is 0 Å². The minimum Gasteiger partial charge on any atom is -0.397 e. The lowest BCUT2D eigenvalue weighted by molar-refractivity contribution is 0.0929. The summed E-state index contributed by atoms with van der Waals surface area (Å²) < 4.78 is 0. The molecule has 1 aliphatic rings. The van der Waals surface area contributed by atoms with Crippen LogP contribution in [0.5, 0.6) is 0 Å². The molecule has 0 atom stereocenters. The van der Waals surface area contributed by atoms with Crippen LogP contribution in [0.15, 0.2) is 18.2 Å². The number of hydrogen-bond acceptors (Lipinski definition) is 2. The SMILES string of the molecule is CCC1(CNC(=O)c2cccc(Cl)c2N)CCCC1. The molecule has 0 radical (unpaired) electrons. The number of carbonyl (C=O) groups excluding carboxylic acids is 1. The lowest BCUT2D eigenvalue weighted by Crippen LogP contribution is -2.35. The molecule has 1 amide bonds. The van der Waals surface area contributed by atoms with Gasteiger partial charge in [0.2, 0.25) is 0 Å². The molecule has 3 N–H and O–H groups in total. The van der Waals surface area contributed by atoms with E-state index in [4.69, 9.17) is 17.3 Å². The van der Waals surface area contributed by atoms with Crippen LogP contribution in [0.2, 0.25) is 5.02 Å². The molecule has 0 aliphatic heterocycles. The molecule has 0 heterocycles. The normalized spacial score (nSPS) is 17.4. The molecule has 0 unspecified atom stereocenters. The number of hydrogen-bond donors (Lipinski definition) is 2. The van der Waals surface area contributed by atoms with Crippen molar-refractivity contribution < 1.29 is 4.79 Å². The first-order valence-corrected chi connectivity index (χ1v) is 7.28. The zero-order valence-corrected chi connectivity index (χ0v) is 12.1. The predicted molar refractivity (Wildman–Crippen MR) is 79.4 cm³/mol. The number of amides is 1. The molecule has 0 bridgehead atoms. The molecular weight excluding hydrogens is 260 g/mol. The van der Waals surface area contributed by atoms with Crippen molar-refractivity contribution >= 4 is 23.2 Å². The van der Waals surface area contributed by atoms with Crippen LogP contribution in [0.3, 0.4) is 0 Å². The minimum atomic E-state index is -0.125. The Balaban J connectivity index is 2.03. The quantitative estimate of drug-likeness (QED) is 0.828. The second-order valence-corrected chi connectivity index (χ2v) is 5.85. The van der Waals surface area contributed by atoms with Crippen molar-refractivity contribution in [3.8, 4) is 0 Å². The lowest BCUT2D eigenvalue weighted by atomic mass is 9.83. The lowest BCUT2D eigenvalue weighted by Gasteiger charge is -2.27. The Morgan fingerprint density at radius 2 is 2.11 bits per heavy atom. The molecular formula is C15H21ClN2O. The van der Waals surface area contributed by atoms with Gasteiger partial charge in [-0.25, -0.2) is 0 Å². The highest BCUT2D eigenvalue weighted by Crippen LogP contribution is 2.40. The summed E-state index contributed by atoms with van der Waals surface area (Å²) in [5.41, 5.74) is 6.95. The van der Waals surface area contributed by atoms with E-state index in [0.29, 0.717) is 16.3 Å². The van der Waals surface area contributed by atoms with Crippen LogP contribution in [0, 0.1) is 5.41 Å². The van der Waals surface area contributed by atoms with Gasteiger partial charge in [0.05, 0.1) is 16.3 Å². The molecule has 1 fully saturated rings. The maximum Gasteiger partial charge on any atom is 0.253 e. The predicted octanol–water partition coefficient (Wildman–Crippen LogP) is 3.62. The molecule has 0 spiro atoms. The molecule has 2 rings (SSSR count). The number of nitrogens with two attached hydrogens (primary N) is 1. The topological polar surface area (TPSA) is 55.1 Å². The third kappa shape index (κ3) is 3.03. The average molecular weight is 281 g/mol. The highest BCUT2D eigenvalue weighted by Gasteiger charge is 2.32. The number of halogens is 1. The summed E-state index contributed by atoms with van der Waals surface area (Å²) in [7, 11) is 0. The number of anilines is 1. The Hall–Kier alpha value is -1.22. The summed E-state index contributed by atoms with van der Waals surface area (Å²) in [4.78, 5) is 12.2. The van der Waals surface area contributed by atoms with Crippen molar-refractivity contribution in [2.75, 3.05) is 12.3 Å². The van der Waals surface area contributed by atoms with E-state index in [1.165, 1.54) is 25.7 Å². The van der Waals surface area contributed by atoms with Gasteiger partial charge in [-0.05, 0) is 36.8 Å².